The lowest BCUT2D eigenvalue weighted by molar-refractivity contribution is 0.670. The molecule has 1 aliphatic rings. The molecule has 3 heteroatoms. The molecule has 0 saturated heterocycles. The summed E-state index contributed by atoms with van der Waals surface area (Å²) in [4.78, 5) is 9.56. The van der Waals surface area contributed by atoms with Crippen molar-refractivity contribution in [2.75, 3.05) is 0 Å². The molecule has 0 amide bonds. The maximum atomic E-state index is 6.58. The largest absolute Gasteiger partial charge is 0.455 e. The van der Waals surface area contributed by atoms with E-state index < -0.39 is 5.41 Å². The van der Waals surface area contributed by atoms with E-state index in [1.165, 1.54) is 49.7 Å². The average Bonchev–Trinajstić information content (AvgIpc) is 3.80. The Balaban J connectivity index is 1.12. The summed E-state index contributed by atoms with van der Waals surface area (Å²) in [5.41, 5.74) is 15.2. The number of para-hydroxylation sites is 2. The summed E-state index contributed by atoms with van der Waals surface area (Å²) in [6.07, 6.45) is 3.57. The van der Waals surface area contributed by atoms with Gasteiger partial charge in [0, 0.05) is 39.5 Å². The van der Waals surface area contributed by atoms with Crippen molar-refractivity contribution in [1.82, 2.24) is 9.97 Å². The third-order valence-electron chi connectivity index (χ3n) is 12.0. The molecular weight excluding hydrogens is 681 g/mol. The van der Waals surface area contributed by atoms with Crippen molar-refractivity contribution < 1.29 is 4.42 Å². The van der Waals surface area contributed by atoms with Crippen LogP contribution in [0.15, 0.2) is 199 Å². The van der Waals surface area contributed by atoms with E-state index in [1.807, 2.05) is 6.07 Å². The van der Waals surface area contributed by atoms with Gasteiger partial charge in [-0.1, -0.05) is 158 Å². The van der Waals surface area contributed by atoms with Gasteiger partial charge in [0.15, 0.2) is 0 Å². The number of hydrogen-bond acceptors (Lipinski definition) is 3. The van der Waals surface area contributed by atoms with Gasteiger partial charge in [-0.2, -0.15) is 0 Å². The number of aromatic nitrogens is 2. The smallest absolute Gasteiger partial charge is 0.143 e. The van der Waals surface area contributed by atoms with Crippen molar-refractivity contribution in [2.24, 2.45) is 0 Å². The van der Waals surface area contributed by atoms with E-state index in [1.54, 1.807) is 12.4 Å². The summed E-state index contributed by atoms with van der Waals surface area (Å²) in [5.74, 6) is 0. The predicted octanol–water partition coefficient (Wildman–Crippen LogP) is 13.5. The first-order valence-electron chi connectivity index (χ1n) is 19.1. The van der Waals surface area contributed by atoms with Crippen LogP contribution < -0.4 is 0 Å². The highest BCUT2D eigenvalue weighted by atomic mass is 16.3. The Kier molecular flexibility index (Phi) is 6.55. The molecule has 0 fully saturated rings. The van der Waals surface area contributed by atoms with Crippen LogP contribution in [0.3, 0.4) is 0 Å². The van der Waals surface area contributed by atoms with Crippen LogP contribution in [0.1, 0.15) is 22.3 Å². The molecule has 0 spiro atoms. The Labute approximate surface area is 323 Å². The molecule has 0 saturated carbocycles. The van der Waals surface area contributed by atoms with Crippen LogP contribution in [0.4, 0.5) is 0 Å². The molecule has 0 radical (unpaired) electrons. The number of rotatable bonds is 4. The summed E-state index contributed by atoms with van der Waals surface area (Å²) in [6, 6.07) is 66.3. The Hall–Kier alpha value is -7.36. The second-order valence-corrected chi connectivity index (χ2v) is 14.8. The van der Waals surface area contributed by atoms with Crippen LogP contribution >= 0.6 is 0 Å². The molecule has 2 aromatic heterocycles. The van der Waals surface area contributed by atoms with Gasteiger partial charge in [0.05, 0.1) is 16.4 Å². The van der Waals surface area contributed by atoms with E-state index in [9.17, 15) is 0 Å². The monoisotopic (exact) mass is 712 g/mol. The van der Waals surface area contributed by atoms with Gasteiger partial charge in [-0.25, -0.2) is 0 Å². The van der Waals surface area contributed by atoms with Gasteiger partial charge >= 0.3 is 0 Å². The van der Waals surface area contributed by atoms with Crippen molar-refractivity contribution in [3.05, 3.63) is 217 Å². The first-order valence-corrected chi connectivity index (χ1v) is 19.1. The maximum absolute atomic E-state index is 6.58. The van der Waals surface area contributed by atoms with Gasteiger partial charge in [-0.3, -0.25) is 9.97 Å². The van der Waals surface area contributed by atoms with E-state index in [0.717, 1.165) is 60.4 Å². The van der Waals surface area contributed by atoms with Gasteiger partial charge in [0.2, 0.25) is 0 Å². The third-order valence-corrected chi connectivity index (χ3v) is 12.0. The molecule has 0 bridgehead atoms. The second kappa shape index (κ2) is 11.8. The lowest BCUT2D eigenvalue weighted by Gasteiger charge is -2.34. The Morgan fingerprint density at radius 2 is 0.893 bits per heavy atom. The Morgan fingerprint density at radius 3 is 1.61 bits per heavy atom. The van der Waals surface area contributed by atoms with Crippen LogP contribution in [0.2, 0.25) is 0 Å². The van der Waals surface area contributed by atoms with Gasteiger partial charge in [-0.15, -0.1) is 0 Å². The number of furan rings is 1. The minimum absolute atomic E-state index is 0.573. The van der Waals surface area contributed by atoms with Gasteiger partial charge in [0.25, 0.3) is 0 Å². The Bertz CT molecular complexity index is 3290. The minimum Gasteiger partial charge on any atom is -0.455 e. The highest BCUT2D eigenvalue weighted by Crippen LogP contribution is 2.57. The lowest BCUT2D eigenvalue weighted by atomic mass is 9.67. The second-order valence-electron chi connectivity index (χ2n) is 14.8. The van der Waals surface area contributed by atoms with Crippen LogP contribution in [0.5, 0.6) is 0 Å². The molecule has 0 aliphatic heterocycles. The normalized spacial score (nSPS) is 13.1. The average molecular weight is 713 g/mol. The zero-order valence-corrected chi connectivity index (χ0v) is 30.3. The van der Waals surface area contributed by atoms with E-state index in [-0.39, 0.29) is 0 Å². The van der Waals surface area contributed by atoms with Crippen molar-refractivity contribution in [3.8, 4) is 33.4 Å². The van der Waals surface area contributed by atoms with E-state index >= 15 is 0 Å². The number of nitrogens with zero attached hydrogens (tertiary/aromatic N) is 2. The van der Waals surface area contributed by atoms with E-state index in [4.69, 9.17) is 14.4 Å². The number of fused-ring (bicyclic) bond motifs is 12. The molecule has 56 heavy (non-hydrogen) atoms. The highest BCUT2D eigenvalue weighted by Gasteiger charge is 2.46. The summed E-state index contributed by atoms with van der Waals surface area (Å²) >= 11 is 0. The zero-order valence-electron chi connectivity index (χ0n) is 30.3. The van der Waals surface area contributed by atoms with Crippen molar-refractivity contribution in [1.29, 1.82) is 0 Å². The van der Waals surface area contributed by atoms with Crippen molar-refractivity contribution in [2.45, 2.75) is 5.41 Å². The molecule has 260 valence electrons. The fraction of sp³-hybridized carbons (Fsp3) is 0.0189. The van der Waals surface area contributed by atoms with Crippen LogP contribution in [-0.4, -0.2) is 9.97 Å². The predicted molar refractivity (Wildman–Crippen MR) is 230 cm³/mol. The van der Waals surface area contributed by atoms with Crippen LogP contribution in [-0.2, 0) is 5.41 Å². The molecule has 0 N–H and O–H groups in total. The maximum Gasteiger partial charge on any atom is 0.143 e. The summed E-state index contributed by atoms with van der Waals surface area (Å²) < 4.78 is 6.58. The lowest BCUT2D eigenvalue weighted by Crippen LogP contribution is -2.28. The quantitative estimate of drug-likeness (QED) is 0.171. The molecule has 0 unspecified atom stereocenters. The van der Waals surface area contributed by atoms with Gasteiger partial charge < -0.3 is 4.42 Å². The standard InChI is InChI=1S/C53H32N2O/c1-3-12-36(13-4-1)53(37-14-5-2-6-15-37)47-31-34(33-23-27-44-46(30-33)39-16-7-8-18-43(39)50-51(44)55-29-28-54-50)22-25-40(47)41-26-24-35(32-48(41)53)38-19-11-20-45-42-17-9-10-21-49(42)56-52(38)45/h1-32H. The molecule has 2 heterocycles. The van der Waals surface area contributed by atoms with Crippen LogP contribution in [0, 0.1) is 0 Å². The van der Waals surface area contributed by atoms with Gasteiger partial charge in [-0.05, 0) is 85.1 Å². The summed E-state index contributed by atoms with van der Waals surface area (Å²) in [5, 5.41) is 6.85. The molecule has 11 aromatic rings. The van der Waals surface area contributed by atoms with Gasteiger partial charge in [0.1, 0.15) is 11.2 Å². The molecule has 12 rings (SSSR count). The van der Waals surface area contributed by atoms with E-state index in [0.29, 0.717) is 0 Å². The minimum atomic E-state index is -0.573. The third kappa shape index (κ3) is 4.28. The Morgan fingerprint density at radius 1 is 0.357 bits per heavy atom. The van der Waals surface area contributed by atoms with Crippen molar-refractivity contribution >= 4 is 54.5 Å². The zero-order chi connectivity index (χ0) is 36.8. The topological polar surface area (TPSA) is 38.9 Å². The molecule has 3 nitrogen and oxygen atoms in total. The first kappa shape index (κ1) is 31.0. The summed E-state index contributed by atoms with van der Waals surface area (Å²) in [6.45, 7) is 0. The van der Waals surface area contributed by atoms with Crippen LogP contribution in [0.25, 0.3) is 87.9 Å². The number of benzene rings is 9. The fourth-order valence-corrected chi connectivity index (χ4v) is 9.62. The summed E-state index contributed by atoms with van der Waals surface area (Å²) in [7, 11) is 0. The SMILES string of the molecule is c1ccc(C2(c3ccccc3)c3cc(-c4ccc5c(c4)c4ccccc4c4nccnc54)ccc3-c3ccc(-c4cccc5c4oc4ccccc45)cc32)cc1. The molecule has 9 aromatic carbocycles. The molecular formula is C53H32N2O. The first-order chi connectivity index (χ1) is 27.8. The molecule has 1 aliphatic carbocycles. The highest BCUT2D eigenvalue weighted by molar-refractivity contribution is 6.23. The molecule has 0 atom stereocenters. The fourth-order valence-electron chi connectivity index (χ4n) is 9.62. The van der Waals surface area contributed by atoms with E-state index in [2.05, 4.69) is 176 Å². The number of hydrogen-bond donors (Lipinski definition) is 0. The van der Waals surface area contributed by atoms with Crippen molar-refractivity contribution in [3.63, 3.8) is 0 Å².